The summed E-state index contributed by atoms with van der Waals surface area (Å²) < 4.78 is 0. The van der Waals surface area contributed by atoms with E-state index in [1.165, 1.54) is 16.7 Å². The van der Waals surface area contributed by atoms with Crippen molar-refractivity contribution >= 4 is 17.2 Å². The zero-order valence-electron chi connectivity index (χ0n) is 11.2. The highest BCUT2D eigenvalue weighted by atomic mass is 16.2. The maximum atomic E-state index is 11.7. The van der Waals surface area contributed by atoms with Gasteiger partial charge in [-0.05, 0) is 49.5 Å². The third-order valence-electron chi connectivity index (χ3n) is 3.75. The Bertz CT molecular complexity index is 551. The van der Waals surface area contributed by atoms with Crippen molar-refractivity contribution in [3.63, 3.8) is 0 Å². The molecule has 1 aromatic rings. The Kier molecular flexibility index (Phi) is 3.24. The molecule has 1 fully saturated rings. The first-order chi connectivity index (χ1) is 9.24. The van der Waals surface area contributed by atoms with Crippen LogP contribution in [0.3, 0.4) is 0 Å². The molecule has 1 heterocycles. The number of amides is 1. The monoisotopic (exact) mass is 252 g/mol. The molecule has 19 heavy (non-hydrogen) atoms. The summed E-state index contributed by atoms with van der Waals surface area (Å²) in [5.74, 6) is 0.245. The maximum absolute atomic E-state index is 11.7. The molecule has 3 rings (SSSR count). The largest absolute Gasteiger partial charge is 0.312 e. The average Bonchev–Trinajstić information content (AvgIpc) is 2.85. The molecular weight excluding hydrogens is 234 g/mol. The van der Waals surface area contributed by atoms with E-state index in [4.69, 9.17) is 0 Å². The summed E-state index contributed by atoms with van der Waals surface area (Å²) in [6.07, 6.45) is 9.33. The molecule has 97 valence electrons. The Morgan fingerprint density at radius 2 is 1.95 bits per heavy atom. The quantitative estimate of drug-likeness (QED) is 0.785. The van der Waals surface area contributed by atoms with Gasteiger partial charge >= 0.3 is 0 Å². The second-order valence-electron chi connectivity index (χ2n) is 5.18. The molecule has 0 atom stereocenters. The second kappa shape index (κ2) is 5.04. The smallest absolute Gasteiger partial charge is 0.227 e. The molecule has 0 N–H and O–H groups in total. The van der Waals surface area contributed by atoms with Crippen molar-refractivity contribution in [2.24, 2.45) is 0 Å². The number of allylic oxidation sites excluding steroid dienone is 4. The van der Waals surface area contributed by atoms with E-state index < -0.39 is 0 Å². The molecule has 0 bridgehead atoms. The van der Waals surface area contributed by atoms with E-state index in [9.17, 15) is 4.79 Å². The lowest BCUT2D eigenvalue weighted by molar-refractivity contribution is -0.117. The van der Waals surface area contributed by atoms with Gasteiger partial charge in [-0.2, -0.15) is 0 Å². The fourth-order valence-electron chi connectivity index (χ4n) is 2.69. The Balaban J connectivity index is 1.83. The average molecular weight is 252 g/mol. The molecule has 1 aliphatic heterocycles. The first kappa shape index (κ1) is 12.2. The van der Waals surface area contributed by atoms with Crippen LogP contribution in [0.4, 0.5) is 5.69 Å². The predicted molar refractivity (Wildman–Crippen MR) is 78.7 cm³/mol. The van der Waals surface area contributed by atoms with Gasteiger partial charge in [0.25, 0.3) is 0 Å². The fourth-order valence-corrected chi connectivity index (χ4v) is 2.69. The molecule has 0 aromatic heterocycles. The van der Waals surface area contributed by atoms with Gasteiger partial charge in [-0.15, -0.1) is 0 Å². The molecule has 0 unspecified atom stereocenters. The van der Waals surface area contributed by atoms with E-state index in [2.05, 4.69) is 49.8 Å². The van der Waals surface area contributed by atoms with Crippen molar-refractivity contribution in [3.8, 4) is 0 Å². The summed E-state index contributed by atoms with van der Waals surface area (Å²) >= 11 is 0. The van der Waals surface area contributed by atoms with Gasteiger partial charge in [0.1, 0.15) is 0 Å². The number of rotatable bonds is 2. The standard InChI is InChI=1S/C17H18NO/c1-13-4-2-5-15(12-13)14-7-9-16(10-8-14)18-11-3-6-17(18)19/h4-5,7-10,12H,2-3,6,11H2,1H3. The Hall–Kier alpha value is -1.83. The zero-order chi connectivity index (χ0) is 13.2. The van der Waals surface area contributed by atoms with Gasteiger partial charge in [0, 0.05) is 18.7 Å². The molecule has 2 heteroatoms. The van der Waals surface area contributed by atoms with Gasteiger partial charge in [-0.3, -0.25) is 4.79 Å². The van der Waals surface area contributed by atoms with Gasteiger partial charge in [0.05, 0.1) is 0 Å². The summed E-state index contributed by atoms with van der Waals surface area (Å²) in [5.41, 5.74) is 4.84. The SMILES string of the molecule is CC1=CC[CH]C(c2ccc(N3CCCC3=O)cc2)=C1. The lowest BCUT2D eigenvalue weighted by atomic mass is 9.94. The Morgan fingerprint density at radius 1 is 1.16 bits per heavy atom. The topological polar surface area (TPSA) is 20.3 Å². The van der Waals surface area contributed by atoms with Gasteiger partial charge in [0.15, 0.2) is 0 Å². The number of nitrogens with zero attached hydrogens (tertiary/aromatic N) is 1. The van der Waals surface area contributed by atoms with Crippen molar-refractivity contribution < 1.29 is 4.79 Å². The molecule has 2 aliphatic rings. The molecule has 0 saturated carbocycles. The van der Waals surface area contributed by atoms with Crippen LogP contribution in [0.1, 0.15) is 31.7 Å². The molecule has 1 radical (unpaired) electrons. The fraction of sp³-hybridized carbons (Fsp3) is 0.294. The minimum absolute atomic E-state index is 0.245. The van der Waals surface area contributed by atoms with E-state index in [0.717, 1.165) is 25.1 Å². The van der Waals surface area contributed by atoms with E-state index >= 15 is 0 Å². The Morgan fingerprint density at radius 3 is 2.58 bits per heavy atom. The van der Waals surface area contributed by atoms with Crippen LogP contribution in [0.15, 0.2) is 42.0 Å². The first-order valence-electron chi connectivity index (χ1n) is 6.86. The zero-order valence-corrected chi connectivity index (χ0v) is 11.2. The third kappa shape index (κ3) is 2.48. The summed E-state index contributed by atoms with van der Waals surface area (Å²) in [7, 11) is 0. The highest BCUT2D eigenvalue weighted by Gasteiger charge is 2.21. The highest BCUT2D eigenvalue weighted by Crippen LogP contribution is 2.28. The van der Waals surface area contributed by atoms with Gasteiger partial charge in [0.2, 0.25) is 5.91 Å². The van der Waals surface area contributed by atoms with Crippen molar-refractivity contribution in [1.82, 2.24) is 0 Å². The second-order valence-corrected chi connectivity index (χ2v) is 5.18. The van der Waals surface area contributed by atoms with Crippen molar-refractivity contribution in [3.05, 3.63) is 54.0 Å². The van der Waals surface area contributed by atoms with Crippen LogP contribution in [0, 0.1) is 6.42 Å². The lowest BCUT2D eigenvalue weighted by Gasteiger charge is -2.17. The van der Waals surface area contributed by atoms with Crippen LogP contribution in [0.5, 0.6) is 0 Å². The number of anilines is 1. The van der Waals surface area contributed by atoms with Gasteiger partial charge in [-0.25, -0.2) is 0 Å². The minimum Gasteiger partial charge on any atom is -0.312 e. The van der Waals surface area contributed by atoms with Crippen molar-refractivity contribution in [2.75, 3.05) is 11.4 Å². The normalized spacial score (nSPS) is 19.4. The van der Waals surface area contributed by atoms with E-state index in [1.807, 2.05) is 4.90 Å². The molecule has 0 spiro atoms. The van der Waals surface area contributed by atoms with Crippen LogP contribution >= 0.6 is 0 Å². The van der Waals surface area contributed by atoms with Crippen LogP contribution in [0.2, 0.25) is 0 Å². The Labute approximate surface area is 114 Å². The summed E-state index contributed by atoms with van der Waals surface area (Å²) in [5, 5.41) is 0. The van der Waals surface area contributed by atoms with Crippen LogP contribution in [-0.4, -0.2) is 12.5 Å². The van der Waals surface area contributed by atoms with Crippen molar-refractivity contribution in [1.29, 1.82) is 0 Å². The van der Waals surface area contributed by atoms with Crippen LogP contribution < -0.4 is 4.90 Å². The summed E-state index contributed by atoms with van der Waals surface area (Å²) in [4.78, 5) is 13.6. The number of hydrogen-bond donors (Lipinski definition) is 0. The molecule has 1 aromatic carbocycles. The molecule has 1 saturated heterocycles. The summed E-state index contributed by atoms with van der Waals surface area (Å²) in [6, 6.07) is 8.34. The lowest BCUT2D eigenvalue weighted by Crippen LogP contribution is -2.23. The number of carbonyl (C=O) groups excluding carboxylic acids is 1. The number of carbonyl (C=O) groups is 1. The van der Waals surface area contributed by atoms with Crippen LogP contribution in [0.25, 0.3) is 5.57 Å². The first-order valence-corrected chi connectivity index (χ1v) is 6.86. The van der Waals surface area contributed by atoms with Crippen molar-refractivity contribution in [2.45, 2.75) is 26.2 Å². The minimum atomic E-state index is 0.245. The predicted octanol–water partition coefficient (Wildman–Crippen LogP) is 3.75. The third-order valence-corrected chi connectivity index (χ3v) is 3.75. The molecule has 2 nitrogen and oxygen atoms in total. The van der Waals surface area contributed by atoms with Gasteiger partial charge < -0.3 is 4.90 Å². The molecule has 1 amide bonds. The van der Waals surface area contributed by atoms with E-state index in [-0.39, 0.29) is 5.91 Å². The number of benzene rings is 1. The maximum Gasteiger partial charge on any atom is 0.227 e. The number of hydrogen-bond acceptors (Lipinski definition) is 1. The van der Waals surface area contributed by atoms with Gasteiger partial charge in [-0.1, -0.05) is 29.9 Å². The van der Waals surface area contributed by atoms with E-state index in [0.29, 0.717) is 6.42 Å². The highest BCUT2D eigenvalue weighted by molar-refractivity contribution is 5.95. The molecule has 1 aliphatic carbocycles. The molecular formula is C17H18NO. The van der Waals surface area contributed by atoms with Crippen LogP contribution in [-0.2, 0) is 4.79 Å². The van der Waals surface area contributed by atoms with E-state index in [1.54, 1.807) is 0 Å². The summed E-state index contributed by atoms with van der Waals surface area (Å²) in [6.45, 7) is 2.99.